The number of piperidine rings is 1. The molecule has 0 amide bonds. The molecule has 2 aliphatic heterocycles. The van der Waals surface area contributed by atoms with Crippen molar-refractivity contribution in [3.05, 3.63) is 0 Å². The number of hydrogen-bond acceptors (Lipinski definition) is 4. The molecule has 4 nitrogen and oxygen atoms in total. The summed E-state index contributed by atoms with van der Waals surface area (Å²) in [7, 11) is 2.23. The molecule has 2 rings (SSSR count). The van der Waals surface area contributed by atoms with E-state index in [1.54, 1.807) is 0 Å². The van der Waals surface area contributed by atoms with Gasteiger partial charge in [0.25, 0.3) is 0 Å². The van der Waals surface area contributed by atoms with Crippen LogP contribution >= 0.6 is 0 Å². The second-order valence-corrected chi connectivity index (χ2v) is 6.89. The quantitative estimate of drug-likeness (QED) is 0.787. The van der Waals surface area contributed by atoms with Crippen LogP contribution in [0, 0.1) is 0 Å². The molecule has 0 aromatic heterocycles. The van der Waals surface area contributed by atoms with Gasteiger partial charge >= 0.3 is 0 Å². The summed E-state index contributed by atoms with van der Waals surface area (Å²) in [6.07, 6.45) is 4.18. The number of nitrogens with one attached hydrogen (secondary N) is 1. The highest BCUT2D eigenvalue weighted by molar-refractivity contribution is 4.81. The van der Waals surface area contributed by atoms with E-state index in [4.69, 9.17) is 0 Å². The second-order valence-electron chi connectivity index (χ2n) is 6.89. The van der Waals surface area contributed by atoms with Gasteiger partial charge in [-0.2, -0.15) is 0 Å². The van der Waals surface area contributed by atoms with Crippen molar-refractivity contribution in [3.8, 4) is 0 Å². The van der Waals surface area contributed by atoms with Crippen LogP contribution in [0.4, 0.5) is 0 Å². The first-order valence-corrected chi connectivity index (χ1v) is 8.53. The SMILES string of the molecule is CC(C)NCC1CCCCN1CCN1CCN(C)CC1. The van der Waals surface area contributed by atoms with Crippen LogP contribution in [0.15, 0.2) is 0 Å². The number of rotatable bonds is 6. The van der Waals surface area contributed by atoms with E-state index in [1.807, 2.05) is 0 Å². The predicted molar refractivity (Wildman–Crippen MR) is 86.3 cm³/mol. The third kappa shape index (κ3) is 5.32. The maximum absolute atomic E-state index is 3.63. The van der Waals surface area contributed by atoms with Crippen LogP contribution in [0.1, 0.15) is 33.1 Å². The molecule has 0 saturated carbocycles. The summed E-state index contributed by atoms with van der Waals surface area (Å²) in [4.78, 5) is 7.81. The molecule has 2 aliphatic rings. The molecule has 2 heterocycles. The molecule has 0 aromatic carbocycles. The maximum Gasteiger partial charge on any atom is 0.0221 e. The average molecular weight is 282 g/mol. The van der Waals surface area contributed by atoms with E-state index in [0.717, 1.165) is 6.04 Å². The summed E-state index contributed by atoms with van der Waals surface area (Å²) in [5, 5.41) is 3.63. The van der Waals surface area contributed by atoms with Crippen LogP contribution in [-0.2, 0) is 0 Å². The van der Waals surface area contributed by atoms with Gasteiger partial charge in [-0.05, 0) is 26.4 Å². The van der Waals surface area contributed by atoms with E-state index in [2.05, 4.69) is 40.9 Å². The fourth-order valence-electron chi connectivity index (χ4n) is 3.30. The van der Waals surface area contributed by atoms with E-state index >= 15 is 0 Å². The first-order valence-electron chi connectivity index (χ1n) is 8.53. The average Bonchev–Trinajstić information content (AvgIpc) is 2.45. The minimum Gasteiger partial charge on any atom is -0.313 e. The first-order chi connectivity index (χ1) is 9.65. The summed E-state index contributed by atoms with van der Waals surface area (Å²) in [6, 6.07) is 1.37. The molecule has 2 fully saturated rings. The zero-order valence-electron chi connectivity index (χ0n) is 13.8. The highest BCUT2D eigenvalue weighted by Gasteiger charge is 2.23. The number of nitrogens with zero attached hydrogens (tertiary/aromatic N) is 3. The molecule has 1 unspecified atom stereocenters. The molecule has 2 saturated heterocycles. The van der Waals surface area contributed by atoms with Crippen LogP contribution < -0.4 is 5.32 Å². The normalized spacial score (nSPS) is 27.3. The smallest absolute Gasteiger partial charge is 0.0221 e. The Balaban J connectivity index is 1.71. The van der Waals surface area contributed by atoms with E-state index < -0.39 is 0 Å². The Hall–Kier alpha value is -0.160. The van der Waals surface area contributed by atoms with Crippen LogP contribution in [0.3, 0.4) is 0 Å². The van der Waals surface area contributed by atoms with Gasteiger partial charge in [-0.1, -0.05) is 20.3 Å². The lowest BCUT2D eigenvalue weighted by atomic mass is 10.0. The summed E-state index contributed by atoms with van der Waals surface area (Å²) in [6.45, 7) is 14.4. The van der Waals surface area contributed by atoms with Crippen molar-refractivity contribution in [2.24, 2.45) is 0 Å². The van der Waals surface area contributed by atoms with Gasteiger partial charge in [0.2, 0.25) is 0 Å². The van der Waals surface area contributed by atoms with E-state index in [0.29, 0.717) is 6.04 Å². The van der Waals surface area contributed by atoms with Gasteiger partial charge in [0.1, 0.15) is 0 Å². The van der Waals surface area contributed by atoms with Crippen LogP contribution in [-0.4, -0.2) is 86.2 Å². The Morgan fingerprint density at radius 1 is 1.00 bits per heavy atom. The minimum absolute atomic E-state index is 0.608. The number of piperazine rings is 1. The van der Waals surface area contributed by atoms with E-state index in [9.17, 15) is 0 Å². The molecule has 1 N–H and O–H groups in total. The van der Waals surface area contributed by atoms with Gasteiger partial charge in [0.15, 0.2) is 0 Å². The molecule has 0 bridgehead atoms. The molecule has 0 spiro atoms. The maximum atomic E-state index is 3.63. The zero-order valence-corrected chi connectivity index (χ0v) is 13.8. The summed E-state index contributed by atoms with van der Waals surface area (Å²) in [5.41, 5.74) is 0. The first kappa shape index (κ1) is 16.2. The number of likely N-dealkylation sites (N-methyl/N-ethyl adjacent to an activating group) is 1. The Morgan fingerprint density at radius 3 is 2.45 bits per heavy atom. The van der Waals surface area contributed by atoms with Crippen molar-refractivity contribution in [1.82, 2.24) is 20.0 Å². The van der Waals surface area contributed by atoms with Crippen molar-refractivity contribution in [2.45, 2.75) is 45.2 Å². The number of hydrogen-bond donors (Lipinski definition) is 1. The van der Waals surface area contributed by atoms with Gasteiger partial charge in [0, 0.05) is 57.9 Å². The molecule has 0 aromatic rings. The highest BCUT2D eigenvalue weighted by Crippen LogP contribution is 2.16. The molecule has 118 valence electrons. The summed E-state index contributed by atoms with van der Waals surface area (Å²) < 4.78 is 0. The molecule has 0 radical (unpaired) electrons. The highest BCUT2D eigenvalue weighted by atomic mass is 15.3. The fourth-order valence-corrected chi connectivity index (χ4v) is 3.30. The third-order valence-corrected chi connectivity index (χ3v) is 4.81. The van der Waals surface area contributed by atoms with Crippen LogP contribution in [0.25, 0.3) is 0 Å². The molecule has 0 aliphatic carbocycles. The minimum atomic E-state index is 0.608. The lowest BCUT2D eigenvalue weighted by Gasteiger charge is -2.39. The van der Waals surface area contributed by atoms with Crippen molar-refractivity contribution in [1.29, 1.82) is 0 Å². The van der Waals surface area contributed by atoms with Crippen molar-refractivity contribution < 1.29 is 0 Å². The number of likely N-dealkylation sites (tertiary alicyclic amines) is 1. The Bertz CT molecular complexity index is 261. The van der Waals surface area contributed by atoms with Crippen molar-refractivity contribution >= 4 is 0 Å². The van der Waals surface area contributed by atoms with Gasteiger partial charge in [0.05, 0.1) is 0 Å². The van der Waals surface area contributed by atoms with Crippen LogP contribution in [0.5, 0.6) is 0 Å². The monoisotopic (exact) mass is 282 g/mol. The standard InChI is InChI=1S/C16H34N4/c1-15(2)17-14-16-6-4-5-7-20(16)13-12-19-10-8-18(3)9-11-19/h15-17H,4-14H2,1-3H3. The second kappa shape index (κ2) is 8.32. The van der Waals surface area contributed by atoms with Gasteiger partial charge < -0.3 is 10.2 Å². The van der Waals surface area contributed by atoms with Gasteiger partial charge in [-0.3, -0.25) is 9.80 Å². The predicted octanol–water partition coefficient (Wildman–Crippen LogP) is 1.09. The van der Waals surface area contributed by atoms with E-state index in [-0.39, 0.29) is 0 Å². The fraction of sp³-hybridized carbons (Fsp3) is 1.00. The summed E-state index contributed by atoms with van der Waals surface area (Å²) in [5.74, 6) is 0. The molecule has 1 atom stereocenters. The van der Waals surface area contributed by atoms with Gasteiger partial charge in [-0.15, -0.1) is 0 Å². The molecule has 20 heavy (non-hydrogen) atoms. The summed E-state index contributed by atoms with van der Waals surface area (Å²) >= 11 is 0. The third-order valence-electron chi connectivity index (χ3n) is 4.81. The van der Waals surface area contributed by atoms with Crippen molar-refractivity contribution in [3.63, 3.8) is 0 Å². The van der Waals surface area contributed by atoms with Crippen molar-refractivity contribution in [2.75, 3.05) is 59.4 Å². The molecule has 4 heteroatoms. The molecular formula is C16H34N4. The Labute approximate surface area is 125 Å². The Morgan fingerprint density at radius 2 is 1.75 bits per heavy atom. The van der Waals surface area contributed by atoms with E-state index in [1.165, 1.54) is 71.6 Å². The molecular weight excluding hydrogens is 248 g/mol. The largest absolute Gasteiger partial charge is 0.313 e. The zero-order chi connectivity index (χ0) is 14.4. The topological polar surface area (TPSA) is 21.8 Å². The van der Waals surface area contributed by atoms with Gasteiger partial charge in [-0.25, -0.2) is 0 Å². The lowest BCUT2D eigenvalue weighted by Crippen LogP contribution is -2.51. The lowest BCUT2D eigenvalue weighted by molar-refractivity contribution is 0.100. The Kier molecular flexibility index (Phi) is 6.75. The van der Waals surface area contributed by atoms with Crippen LogP contribution in [0.2, 0.25) is 0 Å².